The number of nitrogens with one attached hydrogen (secondary N) is 1. The smallest absolute Gasteiger partial charge is 0.245 e. The zero-order chi connectivity index (χ0) is 13.8. The van der Waals surface area contributed by atoms with Gasteiger partial charge in [0.25, 0.3) is 0 Å². The minimum atomic E-state index is -0.428. The first kappa shape index (κ1) is 13.3. The number of anilines is 3. The number of amides is 1. The maximum Gasteiger partial charge on any atom is 0.245 e. The normalized spacial score (nSPS) is 19.2. The third kappa shape index (κ3) is 3.02. The molecule has 5 N–H and O–H groups in total. The van der Waals surface area contributed by atoms with Crippen LogP contribution in [-0.4, -0.2) is 48.2 Å². The lowest BCUT2D eigenvalue weighted by molar-refractivity contribution is -0.124. The minimum Gasteiger partial charge on any atom is -0.383 e. The summed E-state index contributed by atoms with van der Waals surface area (Å²) in [7, 11) is 0. The van der Waals surface area contributed by atoms with Crippen molar-refractivity contribution in [1.29, 1.82) is 0 Å². The molecule has 1 saturated heterocycles. The molecule has 8 heteroatoms. The van der Waals surface area contributed by atoms with Gasteiger partial charge in [0, 0.05) is 19.2 Å². The van der Waals surface area contributed by atoms with E-state index in [1.54, 1.807) is 6.07 Å². The van der Waals surface area contributed by atoms with Gasteiger partial charge in [-0.15, -0.1) is 0 Å². The van der Waals surface area contributed by atoms with Crippen LogP contribution in [0.2, 0.25) is 0 Å². The van der Waals surface area contributed by atoms with E-state index in [1.807, 2.05) is 11.8 Å². The SMILES string of the molecule is CCNC(=O)C1COCCN1c1cc(N)nc(N)n1. The van der Waals surface area contributed by atoms with E-state index in [0.717, 1.165) is 0 Å². The zero-order valence-corrected chi connectivity index (χ0v) is 10.8. The number of aromatic nitrogens is 2. The maximum absolute atomic E-state index is 12.0. The molecule has 0 aromatic carbocycles. The number of carbonyl (C=O) groups excluding carboxylic acids is 1. The molecule has 0 radical (unpaired) electrons. The fourth-order valence-electron chi connectivity index (χ4n) is 2.01. The maximum atomic E-state index is 12.0. The molecule has 2 heterocycles. The van der Waals surface area contributed by atoms with Crippen LogP contribution in [-0.2, 0) is 9.53 Å². The largest absolute Gasteiger partial charge is 0.383 e. The predicted molar refractivity (Wildman–Crippen MR) is 71.5 cm³/mol. The summed E-state index contributed by atoms with van der Waals surface area (Å²) in [5, 5.41) is 2.78. The number of morpholine rings is 1. The van der Waals surface area contributed by atoms with Gasteiger partial charge < -0.3 is 26.4 Å². The van der Waals surface area contributed by atoms with Gasteiger partial charge in [0.2, 0.25) is 11.9 Å². The quantitative estimate of drug-likeness (QED) is 0.640. The summed E-state index contributed by atoms with van der Waals surface area (Å²) in [5.74, 6) is 0.822. The van der Waals surface area contributed by atoms with Gasteiger partial charge in [-0.25, -0.2) is 0 Å². The third-order valence-electron chi connectivity index (χ3n) is 2.83. The molecule has 8 nitrogen and oxygen atoms in total. The molecule has 1 aliphatic rings. The summed E-state index contributed by atoms with van der Waals surface area (Å²) in [6.07, 6.45) is 0. The third-order valence-corrected chi connectivity index (χ3v) is 2.83. The lowest BCUT2D eigenvalue weighted by Gasteiger charge is -2.35. The van der Waals surface area contributed by atoms with E-state index in [4.69, 9.17) is 16.2 Å². The Balaban J connectivity index is 2.25. The van der Waals surface area contributed by atoms with Crippen molar-refractivity contribution in [2.75, 3.05) is 42.7 Å². The molecule has 2 rings (SSSR count). The number of likely N-dealkylation sites (N-methyl/N-ethyl adjacent to an activating group) is 1. The van der Waals surface area contributed by atoms with Gasteiger partial charge in [0.1, 0.15) is 17.7 Å². The Morgan fingerprint density at radius 1 is 1.58 bits per heavy atom. The lowest BCUT2D eigenvalue weighted by atomic mass is 10.2. The molecule has 1 aromatic heterocycles. The van der Waals surface area contributed by atoms with Crippen LogP contribution in [0.25, 0.3) is 0 Å². The average Bonchev–Trinajstić information content (AvgIpc) is 2.38. The topological polar surface area (TPSA) is 119 Å². The van der Waals surface area contributed by atoms with Gasteiger partial charge in [-0.2, -0.15) is 9.97 Å². The molecule has 0 aliphatic carbocycles. The monoisotopic (exact) mass is 266 g/mol. The summed E-state index contributed by atoms with van der Waals surface area (Å²) in [5.41, 5.74) is 11.2. The Morgan fingerprint density at radius 3 is 3.05 bits per heavy atom. The van der Waals surface area contributed by atoms with Crippen molar-refractivity contribution in [1.82, 2.24) is 15.3 Å². The van der Waals surface area contributed by atoms with Crippen molar-refractivity contribution < 1.29 is 9.53 Å². The second-order valence-corrected chi connectivity index (χ2v) is 4.19. The summed E-state index contributed by atoms with van der Waals surface area (Å²) in [6, 6.07) is 1.18. The van der Waals surface area contributed by atoms with E-state index in [2.05, 4.69) is 15.3 Å². The summed E-state index contributed by atoms with van der Waals surface area (Å²) in [4.78, 5) is 21.8. The molecule has 1 amide bonds. The van der Waals surface area contributed by atoms with Crippen molar-refractivity contribution in [3.8, 4) is 0 Å². The van der Waals surface area contributed by atoms with E-state index in [9.17, 15) is 4.79 Å². The summed E-state index contributed by atoms with van der Waals surface area (Å²) < 4.78 is 5.35. The molecule has 1 aromatic rings. The first-order chi connectivity index (χ1) is 9.11. The molecule has 0 spiro atoms. The molecule has 1 aliphatic heterocycles. The highest BCUT2D eigenvalue weighted by atomic mass is 16.5. The summed E-state index contributed by atoms with van der Waals surface area (Å²) in [6.45, 7) is 3.83. The van der Waals surface area contributed by atoms with Crippen LogP contribution in [0, 0.1) is 0 Å². The number of nitrogens with two attached hydrogens (primary N) is 2. The van der Waals surface area contributed by atoms with Gasteiger partial charge in [0.15, 0.2) is 0 Å². The molecule has 19 heavy (non-hydrogen) atoms. The van der Waals surface area contributed by atoms with Gasteiger partial charge in [0.05, 0.1) is 13.2 Å². The van der Waals surface area contributed by atoms with Crippen molar-refractivity contribution in [2.45, 2.75) is 13.0 Å². The molecule has 1 atom stereocenters. The Labute approximate surface area is 111 Å². The molecule has 1 fully saturated rings. The first-order valence-electron chi connectivity index (χ1n) is 6.14. The van der Waals surface area contributed by atoms with Crippen LogP contribution in [0.15, 0.2) is 6.07 Å². The second-order valence-electron chi connectivity index (χ2n) is 4.19. The van der Waals surface area contributed by atoms with Crippen LogP contribution < -0.4 is 21.7 Å². The fraction of sp³-hybridized carbons (Fsp3) is 0.545. The molecule has 0 bridgehead atoms. The Morgan fingerprint density at radius 2 is 2.37 bits per heavy atom. The average molecular weight is 266 g/mol. The van der Waals surface area contributed by atoms with E-state index in [0.29, 0.717) is 32.1 Å². The molecule has 0 saturated carbocycles. The van der Waals surface area contributed by atoms with Crippen molar-refractivity contribution in [3.63, 3.8) is 0 Å². The second kappa shape index (κ2) is 5.70. The Bertz CT molecular complexity index is 446. The number of nitrogen functional groups attached to an aromatic ring is 2. The molecular formula is C11H18N6O2. The van der Waals surface area contributed by atoms with Crippen LogP contribution in [0.4, 0.5) is 17.6 Å². The standard InChI is InChI=1S/C11H18N6O2/c1-2-14-10(18)7-6-19-4-3-17(7)9-5-8(12)15-11(13)16-9/h5,7H,2-4,6H2,1H3,(H,14,18)(H4,12,13,15,16). The first-order valence-corrected chi connectivity index (χ1v) is 6.14. The highest BCUT2D eigenvalue weighted by molar-refractivity contribution is 5.85. The van der Waals surface area contributed by atoms with Gasteiger partial charge in [-0.1, -0.05) is 0 Å². The number of rotatable bonds is 3. The fourth-order valence-corrected chi connectivity index (χ4v) is 2.01. The minimum absolute atomic E-state index is 0.0936. The van der Waals surface area contributed by atoms with Crippen LogP contribution in [0.3, 0.4) is 0 Å². The number of hydrogen-bond acceptors (Lipinski definition) is 7. The van der Waals surface area contributed by atoms with Crippen LogP contribution in [0.1, 0.15) is 6.92 Å². The highest BCUT2D eigenvalue weighted by Gasteiger charge is 2.30. The van der Waals surface area contributed by atoms with E-state index < -0.39 is 6.04 Å². The van der Waals surface area contributed by atoms with Crippen LogP contribution in [0.5, 0.6) is 0 Å². The van der Waals surface area contributed by atoms with Crippen LogP contribution >= 0.6 is 0 Å². The number of hydrogen-bond donors (Lipinski definition) is 3. The van der Waals surface area contributed by atoms with Crippen molar-refractivity contribution in [2.24, 2.45) is 0 Å². The van der Waals surface area contributed by atoms with Gasteiger partial charge in [-0.05, 0) is 6.92 Å². The number of ether oxygens (including phenoxy) is 1. The van der Waals surface area contributed by atoms with E-state index in [-0.39, 0.29) is 17.7 Å². The van der Waals surface area contributed by atoms with Gasteiger partial charge in [-0.3, -0.25) is 4.79 Å². The van der Waals surface area contributed by atoms with Gasteiger partial charge >= 0.3 is 0 Å². The van der Waals surface area contributed by atoms with E-state index >= 15 is 0 Å². The Kier molecular flexibility index (Phi) is 4.00. The number of carbonyl (C=O) groups is 1. The molecule has 104 valence electrons. The number of nitrogens with zero attached hydrogens (tertiary/aromatic N) is 3. The highest BCUT2D eigenvalue weighted by Crippen LogP contribution is 2.20. The summed E-state index contributed by atoms with van der Waals surface area (Å²) >= 11 is 0. The molecule has 1 unspecified atom stereocenters. The predicted octanol–water partition coefficient (Wildman–Crippen LogP) is -1.02. The molecular weight excluding hydrogens is 248 g/mol. The van der Waals surface area contributed by atoms with E-state index in [1.165, 1.54) is 0 Å². The zero-order valence-electron chi connectivity index (χ0n) is 10.8. The van der Waals surface area contributed by atoms with Crippen molar-refractivity contribution in [3.05, 3.63) is 6.07 Å². The lowest BCUT2D eigenvalue weighted by Crippen LogP contribution is -2.54. The Hall–Kier alpha value is -2.09. The van der Waals surface area contributed by atoms with Crippen molar-refractivity contribution >= 4 is 23.5 Å².